The number of benzene rings is 1. The molecule has 29 heavy (non-hydrogen) atoms. The van der Waals surface area contributed by atoms with Crippen LogP contribution in [0.25, 0.3) is 0 Å². The van der Waals surface area contributed by atoms with Crippen molar-refractivity contribution in [2.24, 2.45) is 4.99 Å². The third-order valence-corrected chi connectivity index (χ3v) is 4.57. The Kier molecular flexibility index (Phi) is 6.73. The zero-order valence-corrected chi connectivity index (χ0v) is 16.9. The minimum Gasteiger partial charge on any atom is -0.496 e. The molecular formula is C20H24F3N3O3. The van der Waals surface area contributed by atoms with Crippen molar-refractivity contribution in [2.75, 3.05) is 27.8 Å². The maximum Gasteiger partial charge on any atom is 0.425 e. The molecule has 1 heterocycles. The van der Waals surface area contributed by atoms with Crippen LogP contribution in [0.1, 0.15) is 23.6 Å². The van der Waals surface area contributed by atoms with E-state index < -0.39 is 22.9 Å². The summed E-state index contributed by atoms with van der Waals surface area (Å²) >= 11 is 0. The number of aliphatic imine (C=N–C) groups is 1. The fourth-order valence-electron chi connectivity index (χ4n) is 2.70. The van der Waals surface area contributed by atoms with Gasteiger partial charge in [-0.15, -0.1) is 0 Å². The number of aliphatic hydroxyl groups is 1. The van der Waals surface area contributed by atoms with Gasteiger partial charge in [-0.05, 0) is 31.5 Å². The number of aryl methyl sites for hydroxylation is 1. The van der Waals surface area contributed by atoms with Gasteiger partial charge in [-0.25, -0.2) is 9.98 Å². The van der Waals surface area contributed by atoms with E-state index in [0.717, 1.165) is 18.8 Å². The Morgan fingerprint density at radius 2 is 1.90 bits per heavy atom. The Morgan fingerprint density at radius 3 is 2.38 bits per heavy atom. The molecule has 0 aliphatic rings. The molecule has 2 rings (SSSR count). The maximum absolute atomic E-state index is 14.1. The van der Waals surface area contributed by atoms with Gasteiger partial charge in [0.1, 0.15) is 5.75 Å². The van der Waals surface area contributed by atoms with Gasteiger partial charge in [0.15, 0.2) is 0 Å². The maximum atomic E-state index is 14.1. The predicted molar refractivity (Wildman–Crippen MR) is 104 cm³/mol. The number of methoxy groups -OCH3 is 2. The predicted octanol–water partition coefficient (Wildman–Crippen LogP) is 3.82. The van der Waals surface area contributed by atoms with E-state index in [2.05, 4.69) is 9.98 Å². The third kappa shape index (κ3) is 4.45. The first-order valence-corrected chi connectivity index (χ1v) is 8.81. The molecule has 0 fully saturated rings. The number of alkyl halides is 3. The van der Waals surface area contributed by atoms with Gasteiger partial charge in [0.05, 0.1) is 26.2 Å². The van der Waals surface area contributed by atoms with Crippen molar-refractivity contribution in [3.63, 3.8) is 0 Å². The summed E-state index contributed by atoms with van der Waals surface area (Å²) in [7, 11) is 4.41. The van der Waals surface area contributed by atoms with E-state index in [1.165, 1.54) is 32.4 Å². The van der Waals surface area contributed by atoms with Crippen LogP contribution in [0, 0.1) is 6.92 Å². The summed E-state index contributed by atoms with van der Waals surface area (Å²) in [5, 5.41) is 10.9. The summed E-state index contributed by atoms with van der Waals surface area (Å²) in [5.74, 6) is -0.0105. The van der Waals surface area contributed by atoms with Crippen LogP contribution in [0.15, 0.2) is 35.5 Å². The third-order valence-electron chi connectivity index (χ3n) is 4.57. The van der Waals surface area contributed by atoms with Gasteiger partial charge in [-0.2, -0.15) is 13.2 Å². The van der Waals surface area contributed by atoms with E-state index in [1.54, 1.807) is 13.3 Å². The van der Waals surface area contributed by atoms with Gasteiger partial charge in [-0.3, -0.25) is 0 Å². The van der Waals surface area contributed by atoms with E-state index in [-0.39, 0.29) is 11.6 Å². The van der Waals surface area contributed by atoms with Gasteiger partial charge >= 0.3 is 6.18 Å². The van der Waals surface area contributed by atoms with Gasteiger partial charge in [0.25, 0.3) is 0 Å². The molecule has 1 aromatic carbocycles. The molecule has 2 aromatic rings. The summed E-state index contributed by atoms with van der Waals surface area (Å²) in [5.41, 5.74) is -3.34. The lowest BCUT2D eigenvalue weighted by Crippen LogP contribution is -2.43. The van der Waals surface area contributed by atoms with Crippen molar-refractivity contribution in [1.82, 2.24) is 9.88 Å². The summed E-state index contributed by atoms with van der Waals surface area (Å²) in [6.07, 6.45) is -2.52. The monoisotopic (exact) mass is 411 g/mol. The molecule has 0 spiro atoms. The topological polar surface area (TPSA) is 67.2 Å². The van der Waals surface area contributed by atoms with Crippen LogP contribution in [0.2, 0.25) is 0 Å². The number of hydrogen-bond donors (Lipinski definition) is 1. The second-order valence-corrected chi connectivity index (χ2v) is 6.45. The smallest absolute Gasteiger partial charge is 0.425 e. The Bertz CT molecular complexity index is 870. The van der Waals surface area contributed by atoms with E-state index in [0.29, 0.717) is 11.3 Å². The van der Waals surface area contributed by atoms with Gasteiger partial charge in [0.2, 0.25) is 11.5 Å². The second kappa shape index (κ2) is 8.69. The Morgan fingerprint density at radius 1 is 1.21 bits per heavy atom. The average Bonchev–Trinajstić information content (AvgIpc) is 2.70. The van der Waals surface area contributed by atoms with E-state index in [4.69, 9.17) is 9.47 Å². The Labute approximate surface area is 167 Å². The number of hydrogen-bond acceptors (Lipinski definition) is 5. The molecule has 1 aromatic heterocycles. The van der Waals surface area contributed by atoms with E-state index in [1.807, 2.05) is 18.9 Å². The summed E-state index contributed by atoms with van der Waals surface area (Å²) in [6, 6.07) is 4.98. The number of halogens is 3. The van der Waals surface area contributed by atoms with Gasteiger partial charge in [0, 0.05) is 43.0 Å². The molecule has 0 saturated heterocycles. The molecule has 1 unspecified atom stereocenters. The summed E-state index contributed by atoms with van der Waals surface area (Å²) in [6.45, 7) is 4.27. The van der Waals surface area contributed by atoms with Crippen LogP contribution < -0.4 is 9.47 Å². The highest BCUT2D eigenvalue weighted by Crippen LogP contribution is 2.48. The van der Waals surface area contributed by atoms with E-state index in [9.17, 15) is 18.3 Å². The molecule has 0 aliphatic heterocycles. The molecule has 0 bridgehead atoms. The van der Waals surface area contributed by atoms with Crippen molar-refractivity contribution >= 4 is 12.0 Å². The lowest BCUT2D eigenvalue weighted by molar-refractivity contribution is -0.248. The molecule has 0 aliphatic carbocycles. The number of aromatic nitrogens is 1. The lowest BCUT2D eigenvalue weighted by atomic mass is 9.84. The lowest BCUT2D eigenvalue weighted by Gasteiger charge is -2.32. The number of ether oxygens (including phenoxy) is 2. The van der Waals surface area contributed by atoms with Crippen molar-refractivity contribution in [1.29, 1.82) is 0 Å². The Balaban J connectivity index is 2.67. The van der Waals surface area contributed by atoms with Gasteiger partial charge < -0.3 is 19.5 Å². The molecule has 0 amide bonds. The van der Waals surface area contributed by atoms with Crippen molar-refractivity contribution in [2.45, 2.75) is 25.6 Å². The first-order chi connectivity index (χ1) is 13.6. The molecule has 9 heteroatoms. The molecule has 0 radical (unpaired) electrons. The highest BCUT2D eigenvalue weighted by Gasteiger charge is 2.58. The molecule has 158 valence electrons. The minimum absolute atomic E-state index is 0.131. The number of rotatable bonds is 7. The van der Waals surface area contributed by atoms with Crippen LogP contribution in [0.5, 0.6) is 11.6 Å². The summed E-state index contributed by atoms with van der Waals surface area (Å²) < 4.78 is 52.4. The first kappa shape index (κ1) is 22.5. The standard InChI is InChI=1S/C20H24F3N3O3/c1-6-26(3)12-25-16-10-17(28-4)15(9-13(16)2)19(27,20(21,22)23)14-7-8-18(29-5)24-11-14/h7-12,27H,6H2,1-5H3. The first-order valence-electron chi connectivity index (χ1n) is 8.81. The quantitative estimate of drug-likeness (QED) is 0.554. The van der Waals surface area contributed by atoms with Crippen molar-refractivity contribution in [3.05, 3.63) is 47.2 Å². The van der Waals surface area contributed by atoms with Crippen molar-refractivity contribution in [3.8, 4) is 11.6 Å². The molecule has 1 N–H and O–H groups in total. The Hall–Kier alpha value is -2.81. The van der Waals surface area contributed by atoms with Crippen LogP contribution >= 0.6 is 0 Å². The second-order valence-electron chi connectivity index (χ2n) is 6.45. The van der Waals surface area contributed by atoms with E-state index >= 15 is 0 Å². The average molecular weight is 411 g/mol. The minimum atomic E-state index is -5.03. The van der Waals surface area contributed by atoms with Gasteiger partial charge in [-0.1, -0.05) is 0 Å². The van der Waals surface area contributed by atoms with Crippen LogP contribution in [-0.2, 0) is 5.60 Å². The summed E-state index contributed by atoms with van der Waals surface area (Å²) in [4.78, 5) is 9.91. The normalized spacial score (nSPS) is 14.0. The SMILES string of the molecule is CCN(C)C=Nc1cc(OC)c(C(O)(c2ccc(OC)nc2)C(F)(F)F)cc1C. The zero-order chi connectivity index (χ0) is 21.8. The molecule has 1 atom stereocenters. The fraction of sp³-hybridized carbons (Fsp3) is 0.400. The fourth-order valence-corrected chi connectivity index (χ4v) is 2.70. The van der Waals surface area contributed by atoms with Crippen molar-refractivity contribution < 1.29 is 27.8 Å². The van der Waals surface area contributed by atoms with Crippen LogP contribution in [-0.4, -0.2) is 55.3 Å². The van der Waals surface area contributed by atoms with Crippen LogP contribution in [0.4, 0.5) is 18.9 Å². The zero-order valence-electron chi connectivity index (χ0n) is 16.9. The molecule has 6 nitrogen and oxygen atoms in total. The largest absolute Gasteiger partial charge is 0.496 e. The highest BCUT2D eigenvalue weighted by molar-refractivity contribution is 5.66. The molecule has 0 saturated carbocycles. The number of pyridine rings is 1. The van der Waals surface area contributed by atoms with Crippen LogP contribution in [0.3, 0.4) is 0 Å². The highest BCUT2D eigenvalue weighted by atomic mass is 19.4. The molecular weight excluding hydrogens is 387 g/mol. The number of nitrogens with zero attached hydrogens (tertiary/aromatic N) is 3.